The Labute approximate surface area is 109 Å². The van der Waals surface area contributed by atoms with Gasteiger partial charge in [-0.05, 0) is 37.6 Å². The predicted octanol–water partition coefficient (Wildman–Crippen LogP) is 2.55. The van der Waals surface area contributed by atoms with E-state index in [1.807, 2.05) is 6.92 Å². The van der Waals surface area contributed by atoms with Gasteiger partial charge in [-0.15, -0.1) is 0 Å². The molecule has 1 aromatic rings. The number of sulfonamides is 1. The van der Waals surface area contributed by atoms with Crippen molar-refractivity contribution in [2.75, 3.05) is 7.11 Å². The average Bonchev–Trinajstić information content (AvgIpc) is 2.36. The Morgan fingerprint density at radius 1 is 1.28 bits per heavy atom. The maximum absolute atomic E-state index is 12.1. The minimum Gasteiger partial charge on any atom is -0.497 e. The number of hydrogen-bond acceptors (Lipinski definition) is 3. The Hall–Kier alpha value is -1.07. The molecule has 0 saturated heterocycles. The summed E-state index contributed by atoms with van der Waals surface area (Å²) in [6, 6.07) is 6.34. The standard InChI is InChI=1S/C13H21NO3S/c1-4-5-6-11(2)14-18(15,16)13-9-7-12(17-3)8-10-13/h7-11,14H,4-6H2,1-3H3. The predicted molar refractivity (Wildman–Crippen MR) is 72.3 cm³/mol. The van der Waals surface area contributed by atoms with Crippen molar-refractivity contribution in [2.24, 2.45) is 0 Å². The number of ether oxygens (including phenoxy) is 1. The molecule has 0 spiro atoms. The lowest BCUT2D eigenvalue weighted by Gasteiger charge is -2.13. The molecule has 1 aromatic carbocycles. The summed E-state index contributed by atoms with van der Waals surface area (Å²) in [5, 5.41) is 0. The van der Waals surface area contributed by atoms with E-state index in [-0.39, 0.29) is 10.9 Å². The smallest absolute Gasteiger partial charge is 0.240 e. The number of methoxy groups -OCH3 is 1. The average molecular weight is 271 g/mol. The van der Waals surface area contributed by atoms with Crippen LogP contribution in [0.4, 0.5) is 0 Å². The second-order valence-corrected chi connectivity index (χ2v) is 6.05. The topological polar surface area (TPSA) is 55.4 Å². The first kappa shape index (κ1) is 15.0. The highest BCUT2D eigenvalue weighted by atomic mass is 32.2. The highest BCUT2D eigenvalue weighted by Crippen LogP contribution is 2.16. The van der Waals surface area contributed by atoms with Gasteiger partial charge in [0, 0.05) is 6.04 Å². The minimum absolute atomic E-state index is 0.0444. The second kappa shape index (κ2) is 6.75. The van der Waals surface area contributed by atoms with Crippen molar-refractivity contribution in [2.45, 2.75) is 44.0 Å². The van der Waals surface area contributed by atoms with Crippen LogP contribution in [0.3, 0.4) is 0 Å². The molecule has 4 nitrogen and oxygen atoms in total. The third-order valence-corrected chi connectivity index (χ3v) is 4.32. The van der Waals surface area contributed by atoms with E-state index in [4.69, 9.17) is 4.74 Å². The van der Waals surface area contributed by atoms with Crippen molar-refractivity contribution in [3.05, 3.63) is 24.3 Å². The van der Waals surface area contributed by atoms with Crippen molar-refractivity contribution >= 4 is 10.0 Å². The molecule has 18 heavy (non-hydrogen) atoms. The van der Waals surface area contributed by atoms with E-state index in [2.05, 4.69) is 11.6 Å². The van der Waals surface area contributed by atoms with Crippen molar-refractivity contribution < 1.29 is 13.2 Å². The Balaban J connectivity index is 2.73. The lowest BCUT2D eigenvalue weighted by atomic mass is 10.2. The molecule has 0 radical (unpaired) electrons. The number of nitrogens with one attached hydrogen (secondary N) is 1. The first-order chi connectivity index (χ1) is 8.49. The van der Waals surface area contributed by atoms with Crippen LogP contribution in [0.15, 0.2) is 29.2 Å². The molecule has 1 N–H and O–H groups in total. The SMILES string of the molecule is CCCCC(C)NS(=O)(=O)c1ccc(OC)cc1. The highest BCUT2D eigenvalue weighted by Gasteiger charge is 2.16. The van der Waals surface area contributed by atoms with Crippen LogP contribution in [0.5, 0.6) is 5.75 Å². The summed E-state index contributed by atoms with van der Waals surface area (Å²) in [6.07, 6.45) is 2.94. The molecule has 0 saturated carbocycles. The number of rotatable bonds is 7. The monoisotopic (exact) mass is 271 g/mol. The van der Waals surface area contributed by atoms with Crippen LogP contribution >= 0.6 is 0 Å². The van der Waals surface area contributed by atoms with Gasteiger partial charge < -0.3 is 4.74 Å². The van der Waals surface area contributed by atoms with Gasteiger partial charge in [0.15, 0.2) is 0 Å². The van der Waals surface area contributed by atoms with Crippen LogP contribution in [0.25, 0.3) is 0 Å². The van der Waals surface area contributed by atoms with Crippen molar-refractivity contribution in [3.63, 3.8) is 0 Å². The molecule has 0 fully saturated rings. The summed E-state index contributed by atoms with van der Waals surface area (Å²) in [5.41, 5.74) is 0. The highest BCUT2D eigenvalue weighted by molar-refractivity contribution is 7.89. The number of benzene rings is 1. The van der Waals surface area contributed by atoms with Crippen LogP contribution in [0, 0.1) is 0 Å². The molecule has 0 aliphatic rings. The van der Waals surface area contributed by atoms with Gasteiger partial charge in [-0.25, -0.2) is 13.1 Å². The van der Waals surface area contributed by atoms with E-state index < -0.39 is 10.0 Å². The molecular weight excluding hydrogens is 250 g/mol. The van der Waals surface area contributed by atoms with Gasteiger partial charge >= 0.3 is 0 Å². The first-order valence-electron chi connectivity index (χ1n) is 6.16. The van der Waals surface area contributed by atoms with Gasteiger partial charge in [-0.1, -0.05) is 19.8 Å². The van der Waals surface area contributed by atoms with Crippen molar-refractivity contribution in [3.8, 4) is 5.75 Å². The Morgan fingerprint density at radius 2 is 1.89 bits per heavy atom. The van der Waals surface area contributed by atoms with Crippen LogP contribution in [-0.4, -0.2) is 21.6 Å². The molecular formula is C13H21NO3S. The van der Waals surface area contributed by atoms with E-state index in [9.17, 15) is 8.42 Å². The summed E-state index contributed by atoms with van der Waals surface area (Å²) in [4.78, 5) is 0.270. The molecule has 0 bridgehead atoms. The number of unbranched alkanes of at least 4 members (excludes halogenated alkanes) is 1. The summed E-state index contributed by atoms with van der Waals surface area (Å²) in [5.74, 6) is 0.646. The molecule has 0 aromatic heterocycles. The van der Waals surface area contributed by atoms with Crippen molar-refractivity contribution in [1.82, 2.24) is 4.72 Å². The largest absolute Gasteiger partial charge is 0.497 e. The van der Waals surface area contributed by atoms with Gasteiger partial charge in [-0.2, -0.15) is 0 Å². The lowest BCUT2D eigenvalue weighted by molar-refractivity contribution is 0.414. The summed E-state index contributed by atoms with van der Waals surface area (Å²) in [6.45, 7) is 3.97. The molecule has 102 valence electrons. The van der Waals surface area contributed by atoms with Gasteiger partial charge in [0.25, 0.3) is 0 Å². The van der Waals surface area contributed by atoms with E-state index >= 15 is 0 Å². The maximum Gasteiger partial charge on any atom is 0.240 e. The van der Waals surface area contributed by atoms with E-state index in [0.717, 1.165) is 19.3 Å². The minimum atomic E-state index is -3.42. The Morgan fingerprint density at radius 3 is 2.39 bits per heavy atom. The lowest BCUT2D eigenvalue weighted by Crippen LogP contribution is -2.32. The zero-order valence-electron chi connectivity index (χ0n) is 11.1. The third-order valence-electron chi connectivity index (χ3n) is 2.72. The molecule has 0 aliphatic carbocycles. The van der Waals surface area contributed by atoms with Gasteiger partial charge in [0.05, 0.1) is 12.0 Å². The van der Waals surface area contributed by atoms with E-state index in [1.54, 1.807) is 31.4 Å². The van der Waals surface area contributed by atoms with E-state index in [0.29, 0.717) is 5.75 Å². The molecule has 0 heterocycles. The first-order valence-corrected chi connectivity index (χ1v) is 7.64. The molecule has 5 heteroatoms. The molecule has 0 aliphatic heterocycles. The van der Waals surface area contributed by atoms with Crippen LogP contribution in [-0.2, 0) is 10.0 Å². The summed E-state index contributed by atoms with van der Waals surface area (Å²) < 4.78 is 31.8. The van der Waals surface area contributed by atoms with Crippen molar-refractivity contribution in [1.29, 1.82) is 0 Å². The quantitative estimate of drug-likeness (QED) is 0.829. The van der Waals surface area contributed by atoms with Crippen LogP contribution in [0.2, 0.25) is 0 Å². The number of hydrogen-bond donors (Lipinski definition) is 1. The van der Waals surface area contributed by atoms with Crippen LogP contribution < -0.4 is 9.46 Å². The second-order valence-electron chi connectivity index (χ2n) is 4.34. The Kier molecular flexibility index (Phi) is 5.62. The third kappa shape index (κ3) is 4.31. The van der Waals surface area contributed by atoms with Gasteiger partial charge in [-0.3, -0.25) is 0 Å². The fraction of sp³-hybridized carbons (Fsp3) is 0.538. The van der Waals surface area contributed by atoms with E-state index in [1.165, 1.54) is 0 Å². The van der Waals surface area contributed by atoms with Gasteiger partial charge in [0.1, 0.15) is 5.75 Å². The molecule has 0 amide bonds. The molecule has 1 rings (SSSR count). The maximum atomic E-state index is 12.1. The molecule has 1 unspecified atom stereocenters. The van der Waals surface area contributed by atoms with Crippen LogP contribution in [0.1, 0.15) is 33.1 Å². The molecule has 1 atom stereocenters. The fourth-order valence-corrected chi connectivity index (χ4v) is 2.94. The summed E-state index contributed by atoms with van der Waals surface area (Å²) >= 11 is 0. The van der Waals surface area contributed by atoms with Gasteiger partial charge in [0.2, 0.25) is 10.0 Å². The Bertz CT molecular complexity index is 454. The zero-order valence-corrected chi connectivity index (χ0v) is 12.0. The zero-order chi connectivity index (χ0) is 13.6. The summed E-state index contributed by atoms with van der Waals surface area (Å²) in [7, 11) is -1.87. The normalized spacial score (nSPS) is 13.3. The fourth-order valence-electron chi connectivity index (χ4n) is 1.66.